The van der Waals surface area contributed by atoms with E-state index in [-0.39, 0.29) is 6.10 Å². The molecule has 0 bridgehead atoms. The lowest BCUT2D eigenvalue weighted by molar-refractivity contribution is 0.242. The van der Waals surface area contributed by atoms with Crippen LogP contribution in [0.1, 0.15) is 13.8 Å². The predicted molar refractivity (Wildman–Crippen MR) is 90.6 cm³/mol. The van der Waals surface area contributed by atoms with E-state index in [1.807, 2.05) is 66.8 Å². The van der Waals surface area contributed by atoms with E-state index in [2.05, 4.69) is 15.2 Å². The van der Waals surface area contributed by atoms with Crippen LogP contribution in [0, 0.1) is 0 Å². The molecule has 6 heteroatoms. The average molecular weight is 320 g/mol. The van der Waals surface area contributed by atoms with Crippen LogP contribution in [0.4, 0.5) is 0 Å². The van der Waals surface area contributed by atoms with Crippen molar-refractivity contribution in [2.45, 2.75) is 20.0 Å². The number of aromatic nitrogens is 4. The minimum atomic E-state index is 0.134. The molecule has 0 spiro atoms. The van der Waals surface area contributed by atoms with Gasteiger partial charge in [0.1, 0.15) is 17.8 Å². The Labute approximate surface area is 138 Å². The van der Waals surface area contributed by atoms with Crippen LogP contribution in [-0.4, -0.2) is 25.7 Å². The summed E-state index contributed by atoms with van der Waals surface area (Å²) in [5.41, 5.74) is 2.33. The van der Waals surface area contributed by atoms with Crippen LogP contribution in [0.5, 0.6) is 17.4 Å². The van der Waals surface area contributed by atoms with Crippen molar-refractivity contribution in [1.82, 2.24) is 19.6 Å². The van der Waals surface area contributed by atoms with E-state index < -0.39 is 0 Å². The van der Waals surface area contributed by atoms with Gasteiger partial charge in [0.05, 0.1) is 17.1 Å². The van der Waals surface area contributed by atoms with Crippen molar-refractivity contribution in [3.8, 4) is 17.4 Å². The molecule has 0 fully saturated rings. The molecule has 2 aromatic heterocycles. The third-order valence-electron chi connectivity index (χ3n) is 3.51. The maximum atomic E-state index is 5.93. The first-order valence-electron chi connectivity index (χ1n) is 7.74. The van der Waals surface area contributed by atoms with Gasteiger partial charge in [0.15, 0.2) is 0 Å². The topological polar surface area (TPSA) is 61.5 Å². The molecule has 0 aliphatic rings. The van der Waals surface area contributed by atoms with E-state index in [4.69, 9.17) is 9.47 Å². The molecule has 6 nitrogen and oxygen atoms in total. The van der Waals surface area contributed by atoms with Crippen molar-refractivity contribution in [2.75, 3.05) is 0 Å². The van der Waals surface area contributed by atoms with E-state index in [0.717, 1.165) is 16.8 Å². The van der Waals surface area contributed by atoms with Gasteiger partial charge < -0.3 is 9.47 Å². The zero-order chi connectivity index (χ0) is 16.5. The van der Waals surface area contributed by atoms with Gasteiger partial charge in [0, 0.05) is 0 Å². The number of ether oxygens (including phenoxy) is 2. The highest BCUT2D eigenvalue weighted by Gasteiger charge is 2.12. The van der Waals surface area contributed by atoms with Crippen LogP contribution in [0.3, 0.4) is 0 Å². The summed E-state index contributed by atoms with van der Waals surface area (Å²) in [5, 5.41) is 8.10. The number of para-hydroxylation sites is 2. The summed E-state index contributed by atoms with van der Waals surface area (Å²) < 4.78 is 13.4. The first-order valence-corrected chi connectivity index (χ1v) is 7.74. The molecule has 0 aliphatic carbocycles. The Hall–Kier alpha value is -3.15. The molecule has 0 unspecified atom stereocenters. The van der Waals surface area contributed by atoms with Gasteiger partial charge in [-0.25, -0.2) is 4.98 Å². The summed E-state index contributed by atoms with van der Waals surface area (Å²) in [5.74, 6) is 1.89. The molecule has 0 aliphatic heterocycles. The molecule has 0 saturated heterocycles. The van der Waals surface area contributed by atoms with Crippen LogP contribution in [0.25, 0.3) is 16.7 Å². The van der Waals surface area contributed by atoms with Gasteiger partial charge in [-0.2, -0.15) is 0 Å². The second kappa shape index (κ2) is 5.81. The molecular formula is C18H16N4O2. The van der Waals surface area contributed by atoms with Crippen molar-refractivity contribution in [3.05, 3.63) is 54.9 Å². The Kier molecular flexibility index (Phi) is 3.49. The molecule has 4 rings (SSSR count). The monoisotopic (exact) mass is 320 g/mol. The van der Waals surface area contributed by atoms with Gasteiger partial charge >= 0.3 is 0 Å². The summed E-state index contributed by atoms with van der Waals surface area (Å²) in [6.07, 6.45) is 1.79. The molecule has 2 heterocycles. The van der Waals surface area contributed by atoms with E-state index in [1.54, 1.807) is 6.33 Å². The molecule has 0 saturated carbocycles. The lowest BCUT2D eigenvalue weighted by Gasteiger charge is -2.11. The number of hydrogen-bond acceptors (Lipinski definition) is 5. The quantitative estimate of drug-likeness (QED) is 0.571. The SMILES string of the molecule is CC(C)Oc1ccc(Oc2nc3ccccc3n3cnnc23)cc1. The number of hydrogen-bond donors (Lipinski definition) is 0. The summed E-state index contributed by atoms with van der Waals surface area (Å²) >= 11 is 0. The minimum absolute atomic E-state index is 0.134. The average Bonchev–Trinajstić information content (AvgIpc) is 3.06. The highest BCUT2D eigenvalue weighted by molar-refractivity contribution is 5.79. The van der Waals surface area contributed by atoms with Crippen molar-refractivity contribution >= 4 is 16.7 Å². The van der Waals surface area contributed by atoms with Gasteiger partial charge in [-0.3, -0.25) is 4.40 Å². The van der Waals surface area contributed by atoms with Gasteiger partial charge in [0.25, 0.3) is 5.88 Å². The summed E-state index contributed by atoms with van der Waals surface area (Å²) in [4.78, 5) is 4.56. The molecule has 2 aromatic carbocycles. The standard InChI is InChI=1S/C18H16N4O2/c1-12(2)23-13-7-9-14(10-8-13)24-18-17-21-19-11-22(17)16-6-4-3-5-15(16)20-18/h3-12H,1-2H3. The van der Waals surface area contributed by atoms with Crippen LogP contribution in [-0.2, 0) is 0 Å². The number of rotatable bonds is 4. The van der Waals surface area contributed by atoms with Gasteiger partial charge in [-0.1, -0.05) is 12.1 Å². The van der Waals surface area contributed by atoms with Gasteiger partial charge in [0.2, 0.25) is 5.65 Å². The third kappa shape index (κ3) is 2.62. The highest BCUT2D eigenvalue weighted by atomic mass is 16.5. The first kappa shape index (κ1) is 14.4. The van der Waals surface area contributed by atoms with Gasteiger partial charge in [-0.15, -0.1) is 10.2 Å². The summed E-state index contributed by atoms with van der Waals surface area (Å²) in [6.45, 7) is 3.98. The van der Waals surface area contributed by atoms with Crippen LogP contribution in [0.2, 0.25) is 0 Å². The Morgan fingerprint density at radius 2 is 1.71 bits per heavy atom. The van der Waals surface area contributed by atoms with Crippen molar-refractivity contribution in [2.24, 2.45) is 0 Å². The minimum Gasteiger partial charge on any atom is -0.491 e. The Bertz CT molecular complexity index is 993. The van der Waals surface area contributed by atoms with Crippen molar-refractivity contribution < 1.29 is 9.47 Å². The molecular weight excluding hydrogens is 304 g/mol. The number of fused-ring (bicyclic) bond motifs is 3. The van der Waals surface area contributed by atoms with E-state index in [9.17, 15) is 0 Å². The second-order valence-electron chi connectivity index (χ2n) is 5.67. The summed E-state index contributed by atoms with van der Waals surface area (Å²) in [7, 11) is 0. The Morgan fingerprint density at radius 1 is 0.958 bits per heavy atom. The molecule has 0 radical (unpaired) electrons. The fourth-order valence-electron chi connectivity index (χ4n) is 2.52. The number of nitrogens with zero attached hydrogens (tertiary/aromatic N) is 4. The molecule has 0 N–H and O–H groups in total. The van der Waals surface area contributed by atoms with Crippen LogP contribution >= 0.6 is 0 Å². The van der Waals surface area contributed by atoms with Crippen LogP contribution < -0.4 is 9.47 Å². The zero-order valence-corrected chi connectivity index (χ0v) is 13.4. The van der Waals surface area contributed by atoms with E-state index >= 15 is 0 Å². The maximum absolute atomic E-state index is 5.93. The lowest BCUT2D eigenvalue weighted by Crippen LogP contribution is -2.05. The first-order chi connectivity index (χ1) is 11.7. The van der Waals surface area contributed by atoms with Crippen LogP contribution in [0.15, 0.2) is 54.9 Å². The second-order valence-corrected chi connectivity index (χ2v) is 5.67. The molecule has 120 valence electrons. The third-order valence-corrected chi connectivity index (χ3v) is 3.51. The lowest BCUT2D eigenvalue weighted by atomic mass is 10.3. The fraction of sp³-hybridized carbons (Fsp3) is 0.167. The Balaban J connectivity index is 1.72. The molecule has 24 heavy (non-hydrogen) atoms. The maximum Gasteiger partial charge on any atom is 0.266 e. The smallest absolute Gasteiger partial charge is 0.266 e. The van der Waals surface area contributed by atoms with E-state index in [0.29, 0.717) is 17.3 Å². The van der Waals surface area contributed by atoms with Gasteiger partial charge in [-0.05, 0) is 50.2 Å². The normalized spacial score (nSPS) is 11.3. The molecule has 0 amide bonds. The van der Waals surface area contributed by atoms with Crippen molar-refractivity contribution in [3.63, 3.8) is 0 Å². The highest BCUT2D eigenvalue weighted by Crippen LogP contribution is 2.27. The fourth-order valence-corrected chi connectivity index (χ4v) is 2.52. The van der Waals surface area contributed by atoms with Crippen molar-refractivity contribution in [1.29, 1.82) is 0 Å². The van der Waals surface area contributed by atoms with E-state index in [1.165, 1.54) is 0 Å². The Morgan fingerprint density at radius 3 is 2.50 bits per heavy atom. The predicted octanol–water partition coefficient (Wildman–Crippen LogP) is 3.86. The molecule has 4 aromatic rings. The zero-order valence-electron chi connectivity index (χ0n) is 13.4. The number of benzene rings is 2. The summed E-state index contributed by atoms with van der Waals surface area (Å²) in [6, 6.07) is 15.2. The molecule has 0 atom stereocenters. The largest absolute Gasteiger partial charge is 0.491 e.